The Morgan fingerprint density at radius 3 is 2.59 bits per heavy atom. The third-order valence-electron chi connectivity index (χ3n) is 3.91. The van der Waals surface area contributed by atoms with Crippen LogP contribution in [-0.2, 0) is 12.8 Å². The summed E-state index contributed by atoms with van der Waals surface area (Å²) in [5.74, 6) is 0.929. The van der Waals surface area contributed by atoms with E-state index in [1.807, 2.05) is 0 Å². The molecule has 1 nitrogen and oxygen atoms in total. The number of benzene rings is 1. The van der Waals surface area contributed by atoms with Gasteiger partial charge in [-0.25, -0.2) is 0 Å². The SMILES string of the molecule is CCc1ccc(CCCC2CCCNC2)cc1. The molecule has 17 heavy (non-hydrogen) atoms. The Labute approximate surface area is 106 Å². The van der Waals surface area contributed by atoms with Crippen molar-refractivity contribution in [3.63, 3.8) is 0 Å². The Morgan fingerprint density at radius 1 is 1.18 bits per heavy atom. The minimum atomic E-state index is 0.929. The second-order valence-electron chi connectivity index (χ2n) is 5.27. The van der Waals surface area contributed by atoms with E-state index in [4.69, 9.17) is 0 Å². The molecule has 1 heteroatoms. The van der Waals surface area contributed by atoms with Crippen LogP contribution in [-0.4, -0.2) is 13.1 Å². The number of piperidine rings is 1. The van der Waals surface area contributed by atoms with Crippen LogP contribution in [0, 0.1) is 5.92 Å². The van der Waals surface area contributed by atoms with Gasteiger partial charge in [0.15, 0.2) is 0 Å². The molecule has 1 unspecified atom stereocenters. The van der Waals surface area contributed by atoms with Gasteiger partial charge in [0.05, 0.1) is 0 Å². The molecular weight excluding hydrogens is 206 g/mol. The minimum absolute atomic E-state index is 0.929. The van der Waals surface area contributed by atoms with Crippen LogP contribution < -0.4 is 5.32 Å². The van der Waals surface area contributed by atoms with Crippen molar-refractivity contribution in [1.82, 2.24) is 5.32 Å². The Balaban J connectivity index is 1.69. The zero-order valence-electron chi connectivity index (χ0n) is 11.0. The molecule has 1 aromatic rings. The summed E-state index contributed by atoms with van der Waals surface area (Å²) in [6, 6.07) is 9.16. The number of aryl methyl sites for hydroxylation is 2. The molecular formula is C16H25N. The highest BCUT2D eigenvalue weighted by Gasteiger charge is 2.11. The molecule has 0 amide bonds. The van der Waals surface area contributed by atoms with E-state index in [0.29, 0.717) is 0 Å². The number of hydrogen-bond acceptors (Lipinski definition) is 1. The van der Waals surface area contributed by atoms with Gasteiger partial charge in [0.2, 0.25) is 0 Å². The summed E-state index contributed by atoms with van der Waals surface area (Å²) in [6.45, 7) is 4.69. The Kier molecular flexibility index (Phi) is 5.06. The molecule has 0 radical (unpaired) electrons. The summed E-state index contributed by atoms with van der Waals surface area (Å²) in [6.07, 6.45) is 7.94. The lowest BCUT2D eigenvalue weighted by atomic mass is 9.93. The van der Waals surface area contributed by atoms with Crippen molar-refractivity contribution in [1.29, 1.82) is 0 Å². The van der Waals surface area contributed by atoms with Crippen LogP contribution in [0.4, 0.5) is 0 Å². The Hall–Kier alpha value is -0.820. The number of hydrogen-bond donors (Lipinski definition) is 1. The highest BCUT2D eigenvalue weighted by molar-refractivity contribution is 5.22. The van der Waals surface area contributed by atoms with Crippen molar-refractivity contribution >= 4 is 0 Å². The molecule has 1 saturated heterocycles. The molecule has 1 heterocycles. The van der Waals surface area contributed by atoms with E-state index in [9.17, 15) is 0 Å². The fraction of sp³-hybridized carbons (Fsp3) is 0.625. The van der Waals surface area contributed by atoms with Crippen LogP contribution in [0.15, 0.2) is 24.3 Å². The smallest absolute Gasteiger partial charge is 0.00205 e. The van der Waals surface area contributed by atoms with Crippen LogP contribution in [0.1, 0.15) is 43.7 Å². The van der Waals surface area contributed by atoms with Gasteiger partial charge in [-0.3, -0.25) is 0 Å². The van der Waals surface area contributed by atoms with Gasteiger partial charge in [-0.15, -0.1) is 0 Å². The molecule has 1 N–H and O–H groups in total. The van der Waals surface area contributed by atoms with Crippen molar-refractivity contribution < 1.29 is 0 Å². The van der Waals surface area contributed by atoms with Crippen molar-refractivity contribution in [2.45, 2.75) is 45.4 Å². The standard InChI is InChI=1S/C16H25N/c1-2-14-8-10-15(11-9-14)5-3-6-16-7-4-12-17-13-16/h8-11,16-17H,2-7,12-13H2,1H3. The maximum Gasteiger partial charge on any atom is -0.00205 e. The van der Waals surface area contributed by atoms with Crippen LogP contribution in [0.2, 0.25) is 0 Å². The molecule has 1 aromatic carbocycles. The zero-order valence-corrected chi connectivity index (χ0v) is 11.0. The summed E-state index contributed by atoms with van der Waals surface area (Å²) < 4.78 is 0. The lowest BCUT2D eigenvalue weighted by Crippen LogP contribution is -2.29. The number of rotatable bonds is 5. The predicted octanol–water partition coefficient (Wildman–Crippen LogP) is 3.57. The van der Waals surface area contributed by atoms with Crippen molar-refractivity contribution in [3.8, 4) is 0 Å². The lowest BCUT2D eigenvalue weighted by Gasteiger charge is -2.22. The van der Waals surface area contributed by atoms with E-state index in [2.05, 4.69) is 36.5 Å². The normalized spacial score (nSPS) is 20.4. The molecule has 0 aromatic heterocycles. The van der Waals surface area contributed by atoms with Crippen molar-refractivity contribution in [2.24, 2.45) is 5.92 Å². The van der Waals surface area contributed by atoms with Gasteiger partial charge < -0.3 is 5.32 Å². The molecule has 1 aliphatic heterocycles. The van der Waals surface area contributed by atoms with Crippen LogP contribution in [0.5, 0.6) is 0 Å². The van der Waals surface area contributed by atoms with Crippen LogP contribution >= 0.6 is 0 Å². The summed E-state index contributed by atoms with van der Waals surface area (Å²) in [4.78, 5) is 0. The fourth-order valence-electron chi connectivity index (χ4n) is 2.71. The first kappa shape index (κ1) is 12.6. The summed E-state index contributed by atoms with van der Waals surface area (Å²) >= 11 is 0. The maximum atomic E-state index is 3.50. The molecule has 0 spiro atoms. The average molecular weight is 231 g/mol. The van der Waals surface area contributed by atoms with E-state index in [1.165, 1.54) is 56.3 Å². The van der Waals surface area contributed by atoms with E-state index in [0.717, 1.165) is 12.3 Å². The molecule has 1 atom stereocenters. The monoisotopic (exact) mass is 231 g/mol. The summed E-state index contributed by atoms with van der Waals surface area (Å²) in [5.41, 5.74) is 2.95. The second kappa shape index (κ2) is 6.80. The zero-order chi connectivity index (χ0) is 11.9. The van der Waals surface area contributed by atoms with Crippen LogP contribution in [0.3, 0.4) is 0 Å². The van der Waals surface area contributed by atoms with E-state index in [1.54, 1.807) is 0 Å². The lowest BCUT2D eigenvalue weighted by molar-refractivity contribution is 0.351. The van der Waals surface area contributed by atoms with Gasteiger partial charge >= 0.3 is 0 Å². The fourth-order valence-corrected chi connectivity index (χ4v) is 2.71. The largest absolute Gasteiger partial charge is 0.316 e. The molecule has 2 rings (SSSR count). The highest BCUT2D eigenvalue weighted by Crippen LogP contribution is 2.17. The van der Waals surface area contributed by atoms with Gasteiger partial charge in [0.25, 0.3) is 0 Å². The van der Waals surface area contributed by atoms with Crippen LogP contribution in [0.25, 0.3) is 0 Å². The molecule has 0 aliphatic carbocycles. The molecule has 0 bridgehead atoms. The molecule has 1 aliphatic rings. The first-order chi connectivity index (χ1) is 8.38. The third-order valence-corrected chi connectivity index (χ3v) is 3.91. The summed E-state index contributed by atoms with van der Waals surface area (Å²) in [5, 5.41) is 3.50. The topological polar surface area (TPSA) is 12.0 Å². The van der Waals surface area contributed by atoms with E-state index < -0.39 is 0 Å². The minimum Gasteiger partial charge on any atom is -0.316 e. The molecule has 94 valence electrons. The van der Waals surface area contributed by atoms with Gasteiger partial charge in [0, 0.05) is 0 Å². The van der Waals surface area contributed by atoms with Crippen molar-refractivity contribution in [2.75, 3.05) is 13.1 Å². The highest BCUT2D eigenvalue weighted by atomic mass is 14.9. The van der Waals surface area contributed by atoms with Gasteiger partial charge in [-0.05, 0) is 68.7 Å². The third kappa shape index (κ3) is 4.16. The Bertz CT molecular complexity index is 309. The first-order valence-electron chi connectivity index (χ1n) is 7.17. The molecule has 0 saturated carbocycles. The van der Waals surface area contributed by atoms with Gasteiger partial charge in [0.1, 0.15) is 0 Å². The quantitative estimate of drug-likeness (QED) is 0.817. The van der Waals surface area contributed by atoms with Gasteiger partial charge in [-0.2, -0.15) is 0 Å². The van der Waals surface area contributed by atoms with E-state index in [-0.39, 0.29) is 0 Å². The average Bonchev–Trinajstić information content (AvgIpc) is 2.41. The first-order valence-corrected chi connectivity index (χ1v) is 7.17. The van der Waals surface area contributed by atoms with Gasteiger partial charge in [-0.1, -0.05) is 31.2 Å². The summed E-state index contributed by atoms with van der Waals surface area (Å²) in [7, 11) is 0. The molecule has 1 fully saturated rings. The Morgan fingerprint density at radius 2 is 1.94 bits per heavy atom. The van der Waals surface area contributed by atoms with Crippen molar-refractivity contribution in [3.05, 3.63) is 35.4 Å². The van der Waals surface area contributed by atoms with E-state index >= 15 is 0 Å². The number of nitrogens with one attached hydrogen (secondary N) is 1. The maximum absolute atomic E-state index is 3.50. The second-order valence-corrected chi connectivity index (χ2v) is 5.27. The predicted molar refractivity (Wildman–Crippen MR) is 74.4 cm³/mol.